The molecule has 0 bridgehead atoms. The van der Waals surface area contributed by atoms with Crippen molar-refractivity contribution in [2.45, 2.75) is 24.7 Å². The summed E-state index contributed by atoms with van der Waals surface area (Å²) in [6.07, 6.45) is 3.37. The molecule has 0 saturated heterocycles. The smallest absolute Gasteiger partial charge is 0.352 e. The van der Waals surface area contributed by atoms with E-state index in [1.807, 2.05) is 0 Å². The first kappa shape index (κ1) is 13.1. The summed E-state index contributed by atoms with van der Waals surface area (Å²) in [7, 11) is -3.58. The van der Waals surface area contributed by atoms with Crippen LogP contribution < -0.4 is 0 Å². The molecule has 0 aromatic carbocycles. The zero-order valence-electron chi connectivity index (χ0n) is 10.1. The van der Waals surface area contributed by atoms with E-state index < -0.39 is 16.0 Å². The largest absolute Gasteiger partial charge is 0.477 e. The topological polar surface area (TPSA) is 90.5 Å². The lowest BCUT2D eigenvalue weighted by Gasteiger charge is -2.19. The Kier molecular flexibility index (Phi) is 3.45. The standard InChI is InChI=1S/C11H16N2O4S/c1-2-13(7-8-3-4-8)18(16,17)9-5-10(11(14)15)12-6-9/h5-6,8,12H,2-4,7H2,1H3,(H,14,15). The highest BCUT2D eigenvalue weighted by atomic mass is 32.2. The molecular formula is C11H16N2O4S. The Morgan fingerprint density at radius 3 is 2.67 bits per heavy atom. The number of hydrogen-bond acceptors (Lipinski definition) is 3. The number of rotatable bonds is 6. The van der Waals surface area contributed by atoms with Gasteiger partial charge in [0.1, 0.15) is 10.6 Å². The lowest BCUT2D eigenvalue weighted by molar-refractivity contribution is 0.0691. The fourth-order valence-corrected chi connectivity index (χ4v) is 3.30. The van der Waals surface area contributed by atoms with Crippen molar-refractivity contribution in [3.8, 4) is 0 Å². The molecule has 1 aromatic heterocycles. The van der Waals surface area contributed by atoms with Crippen molar-refractivity contribution < 1.29 is 18.3 Å². The molecule has 1 heterocycles. The van der Waals surface area contributed by atoms with E-state index in [-0.39, 0.29) is 10.6 Å². The number of hydrogen-bond donors (Lipinski definition) is 2. The van der Waals surface area contributed by atoms with Crippen LogP contribution >= 0.6 is 0 Å². The Balaban J connectivity index is 2.23. The average molecular weight is 272 g/mol. The molecule has 1 aliphatic rings. The first-order valence-corrected chi connectivity index (χ1v) is 7.31. The molecule has 1 aliphatic carbocycles. The molecule has 1 saturated carbocycles. The lowest BCUT2D eigenvalue weighted by atomic mass is 10.4. The summed E-state index contributed by atoms with van der Waals surface area (Å²) < 4.78 is 26.0. The van der Waals surface area contributed by atoms with E-state index in [0.29, 0.717) is 19.0 Å². The highest BCUT2D eigenvalue weighted by Crippen LogP contribution is 2.31. The number of aromatic amines is 1. The second-order valence-corrected chi connectivity index (χ2v) is 6.39. The van der Waals surface area contributed by atoms with Gasteiger partial charge in [0.05, 0.1) is 0 Å². The van der Waals surface area contributed by atoms with Crippen molar-refractivity contribution >= 4 is 16.0 Å². The number of nitrogens with zero attached hydrogens (tertiary/aromatic N) is 1. The van der Waals surface area contributed by atoms with Gasteiger partial charge in [0, 0.05) is 19.3 Å². The third-order valence-electron chi connectivity index (χ3n) is 3.04. The van der Waals surface area contributed by atoms with E-state index >= 15 is 0 Å². The zero-order chi connectivity index (χ0) is 13.3. The highest BCUT2D eigenvalue weighted by molar-refractivity contribution is 7.89. The Bertz CT molecular complexity index is 545. The summed E-state index contributed by atoms with van der Waals surface area (Å²) in [5.41, 5.74) is -0.115. The molecule has 0 spiro atoms. The molecule has 2 N–H and O–H groups in total. The van der Waals surface area contributed by atoms with Crippen molar-refractivity contribution in [2.75, 3.05) is 13.1 Å². The number of aromatic nitrogens is 1. The Morgan fingerprint density at radius 2 is 2.22 bits per heavy atom. The Hall–Kier alpha value is -1.34. The van der Waals surface area contributed by atoms with Crippen LogP contribution in [0.1, 0.15) is 30.3 Å². The van der Waals surface area contributed by atoms with Crippen LogP contribution in [0.5, 0.6) is 0 Å². The summed E-state index contributed by atoms with van der Waals surface area (Å²) in [6.45, 7) is 2.70. The number of aromatic carboxylic acids is 1. The molecule has 2 rings (SSSR count). The number of carboxylic acid groups (broad SMARTS) is 1. The summed E-state index contributed by atoms with van der Waals surface area (Å²) >= 11 is 0. The van der Waals surface area contributed by atoms with E-state index in [2.05, 4.69) is 4.98 Å². The average Bonchev–Trinajstić information content (AvgIpc) is 2.97. The second-order valence-electron chi connectivity index (χ2n) is 4.45. The van der Waals surface area contributed by atoms with Crippen LogP contribution in [0.2, 0.25) is 0 Å². The molecule has 0 radical (unpaired) electrons. The van der Waals surface area contributed by atoms with Crippen LogP contribution in [0.4, 0.5) is 0 Å². The lowest BCUT2D eigenvalue weighted by Crippen LogP contribution is -2.32. The monoisotopic (exact) mass is 272 g/mol. The van der Waals surface area contributed by atoms with E-state index in [1.54, 1.807) is 6.92 Å². The van der Waals surface area contributed by atoms with Gasteiger partial charge in [-0.05, 0) is 24.8 Å². The van der Waals surface area contributed by atoms with E-state index in [4.69, 9.17) is 5.11 Å². The predicted octanol–water partition coefficient (Wildman–Crippen LogP) is 1.13. The summed E-state index contributed by atoms with van der Waals surface area (Å²) in [5.74, 6) is -0.709. The molecule has 0 atom stereocenters. The minimum Gasteiger partial charge on any atom is -0.477 e. The van der Waals surface area contributed by atoms with Crippen LogP contribution in [0.3, 0.4) is 0 Å². The molecule has 6 nitrogen and oxygen atoms in total. The maximum absolute atomic E-state index is 12.3. The quantitative estimate of drug-likeness (QED) is 0.812. The van der Waals surface area contributed by atoms with Gasteiger partial charge in [-0.25, -0.2) is 13.2 Å². The third-order valence-corrected chi connectivity index (χ3v) is 4.95. The Morgan fingerprint density at radius 1 is 1.56 bits per heavy atom. The van der Waals surface area contributed by atoms with Gasteiger partial charge in [-0.2, -0.15) is 4.31 Å². The highest BCUT2D eigenvalue weighted by Gasteiger charge is 2.31. The van der Waals surface area contributed by atoms with Gasteiger partial charge in [-0.3, -0.25) is 0 Å². The van der Waals surface area contributed by atoms with Crippen molar-refractivity contribution in [2.24, 2.45) is 5.92 Å². The molecule has 0 unspecified atom stereocenters. The van der Waals surface area contributed by atoms with Crippen LogP contribution in [0.25, 0.3) is 0 Å². The summed E-state index contributed by atoms with van der Waals surface area (Å²) in [4.78, 5) is 13.2. The SMILES string of the molecule is CCN(CC1CC1)S(=O)(=O)c1c[nH]c(C(=O)O)c1. The van der Waals surface area contributed by atoms with Crippen LogP contribution in [0, 0.1) is 5.92 Å². The minimum absolute atomic E-state index is 0.0161. The van der Waals surface area contributed by atoms with Gasteiger partial charge in [0.2, 0.25) is 10.0 Å². The van der Waals surface area contributed by atoms with Gasteiger partial charge < -0.3 is 10.1 Å². The first-order chi connectivity index (χ1) is 8.45. The normalized spacial score (nSPS) is 16.1. The number of carboxylic acids is 1. The molecule has 100 valence electrons. The molecular weight excluding hydrogens is 256 g/mol. The van der Waals surface area contributed by atoms with Crippen molar-refractivity contribution in [1.29, 1.82) is 0 Å². The molecule has 7 heteroatoms. The molecule has 18 heavy (non-hydrogen) atoms. The van der Waals surface area contributed by atoms with Crippen LogP contribution in [-0.2, 0) is 10.0 Å². The summed E-state index contributed by atoms with van der Waals surface area (Å²) in [6, 6.07) is 1.16. The number of carbonyl (C=O) groups is 1. The number of H-pyrrole nitrogens is 1. The van der Waals surface area contributed by atoms with E-state index in [9.17, 15) is 13.2 Å². The van der Waals surface area contributed by atoms with Gasteiger partial charge in [-0.15, -0.1) is 0 Å². The van der Waals surface area contributed by atoms with Crippen LogP contribution in [0.15, 0.2) is 17.2 Å². The fourth-order valence-electron chi connectivity index (χ4n) is 1.78. The van der Waals surface area contributed by atoms with Crippen molar-refractivity contribution in [3.05, 3.63) is 18.0 Å². The van der Waals surface area contributed by atoms with E-state index in [0.717, 1.165) is 18.9 Å². The predicted molar refractivity (Wildman–Crippen MR) is 64.9 cm³/mol. The third kappa shape index (κ3) is 2.56. The van der Waals surface area contributed by atoms with Gasteiger partial charge in [0.15, 0.2) is 0 Å². The molecule has 0 amide bonds. The van der Waals surface area contributed by atoms with Gasteiger partial charge in [-0.1, -0.05) is 6.92 Å². The number of nitrogens with one attached hydrogen (secondary N) is 1. The molecule has 1 fully saturated rings. The Labute approximate surface area is 106 Å². The summed E-state index contributed by atoms with van der Waals surface area (Å²) in [5, 5.41) is 8.78. The zero-order valence-corrected chi connectivity index (χ0v) is 10.9. The van der Waals surface area contributed by atoms with Crippen molar-refractivity contribution in [3.63, 3.8) is 0 Å². The second kappa shape index (κ2) is 4.74. The minimum atomic E-state index is -3.58. The van der Waals surface area contributed by atoms with Gasteiger partial charge in [0.25, 0.3) is 0 Å². The first-order valence-electron chi connectivity index (χ1n) is 5.87. The number of sulfonamides is 1. The van der Waals surface area contributed by atoms with Crippen LogP contribution in [-0.4, -0.2) is 41.9 Å². The maximum atomic E-state index is 12.3. The van der Waals surface area contributed by atoms with E-state index in [1.165, 1.54) is 10.5 Å². The fraction of sp³-hybridized carbons (Fsp3) is 0.545. The van der Waals surface area contributed by atoms with Gasteiger partial charge >= 0.3 is 5.97 Å². The molecule has 1 aromatic rings. The van der Waals surface area contributed by atoms with Crippen molar-refractivity contribution in [1.82, 2.24) is 9.29 Å². The maximum Gasteiger partial charge on any atom is 0.352 e. The molecule has 0 aliphatic heterocycles.